The first kappa shape index (κ1) is 18.3. The monoisotopic (exact) mass is 321 g/mol. The molecule has 0 spiro atoms. The Morgan fingerprint density at radius 3 is 2.38 bits per heavy atom. The highest BCUT2D eigenvalue weighted by molar-refractivity contribution is 8.00. The van der Waals surface area contributed by atoms with Crippen molar-refractivity contribution in [1.29, 1.82) is 0 Å². The van der Waals surface area contributed by atoms with Crippen molar-refractivity contribution in [2.75, 3.05) is 20.3 Å². The Morgan fingerprint density at radius 1 is 1.19 bits per heavy atom. The number of halogens is 3. The van der Waals surface area contributed by atoms with E-state index in [-0.39, 0.29) is 9.64 Å². The second-order valence-corrected chi connectivity index (χ2v) is 7.58. The molecule has 0 saturated heterocycles. The van der Waals surface area contributed by atoms with Crippen molar-refractivity contribution in [2.24, 2.45) is 0 Å². The van der Waals surface area contributed by atoms with Gasteiger partial charge in [0.2, 0.25) is 0 Å². The van der Waals surface area contributed by atoms with Crippen LogP contribution in [-0.2, 0) is 17.5 Å². The SMILES string of the molecule is COCCNCc1ccc(SC(C)(C)C)c(C(F)(F)F)c1. The Balaban J connectivity index is 2.92. The van der Waals surface area contributed by atoms with Crippen LogP contribution in [0.5, 0.6) is 0 Å². The van der Waals surface area contributed by atoms with Crippen molar-refractivity contribution >= 4 is 11.8 Å². The third kappa shape index (κ3) is 6.72. The minimum atomic E-state index is -4.34. The molecule has 2 nitrogen and oxygen atoms in total. The molecular weight excluding hydrogens is 299 g/mol. The predicted octanol–water partition coefficient (Wildman–Crippen LogP) is 4.33. The summed E-state index contributed by atoms with van der Waals surface area (Å²) in [5, 5.41) is 3.05. The molecule has 0 aromatic heterocycles. The second-order valence-electron chi connectivity index (χ2n) is 5.71. The third-order valence-electron chi connectivity index (χ3n) is 2.58. The van der Waals surface area contributed by atoms with Crippen molar-refractivity contribution < 1.29 is 17.9 Å². The Morgan fingerprint density at radius 2 is 1.86 bits per heavy atom. The normalized spacial score (nSPS) is 12.7. The van der Waals surface area contributed by atoms with Gasteiger partial charge in [-0.05, 0) is 17.7 Å². The van der Waals surface area contributed by atoms with Crippen LogP contribution in [0.2, 0.25) is 0 Å². The summed E-state index contributed by atoms with van der Waals surface area (Å²) in [5.74, 6) is 0. The largest absolute Gasteiger partial charge is 0.417 e. The van der Waals surface area contributed by atoms with Crippen LogP contribution in [0.1, 0.15) is 31.9 Å². The zero-order chi connectivity index (χ0) is 16.1. The first-order valence-corrected chi connectivity index (χ1v) is 7.54. The minimum Gasteiger partial charge on any atom is -0.383 e. The van der Waals surface area contributed by atoms with Crippen LogP contribution < -0.4 is 5.32 Å². The third-order valence-corrected chi connectivity index (χ3v) is 3.77. The standard InChI is InChI=1S/C15H22F3NOS/c1-14(2,3)21-13-6-5-11(10-19-7-8-20-4)9-12(13)15(16,17)18/h5-6,9,19H,7-8,10H2,1-4H3. The number of hydrogen-bond acceptors (Lipinski definition) is 3. The fourth-order valence-electron chi connectivity index (χ4n) is 1.73. The lowest BCUT2D eigenvalue weighted by molar-refractivity contribution is -0.139. The summed E-state index contributed by atoms with van der Waals surface area (Å²) in [6.45, 7) is 7.24. The van der Waals surface area contributed by atoms with Crippen molar-refractivity contribution in [3.8, 4) is 0 Å². The molecular formula is C15H22F3NOS. The average molecular weight is 321 g/mol. The van der Waals surface area contributed by atoms with E-state index in [9.17, 15) is 13.2 Å². The van der Waals surface area contributed by atoms with E-state index in [2.05, 4.69) is 5.32 Å². The highest BCUT2D eigenvalue weighted by Gasteiger charge is 2.34. The number of ether oxygens (including phenoxy) is 1. The highest BCUT2D eigenvalue weighted by atomic mass is 32.2. The smallest absolute Gasteiger partial charge is 0.383 e. The minimum absolute atomic E-state index is 0.266. The second kappa shape index (κ2) is 7.51. The zero-order valence-corrected chi connectivity index (χ0v) is 13.6. The summed E-state index contributed by atoms with van der Waals surface area (Å²) in [6.07, 6.45) is -4.34. The number of benzene rings is 1. The number of methoxy groups -OCH3 is 1. The van der Waals surface area contributed by atoms with Crippen LogP contribution in [0.25, 0.3) is 0 Å². The number of nitrogens with one attached hydrogen (secondary N) is 1. The van der Waals surface area contributed by atoms with Gasteiger partial charge < -0.3 is 10.1 Å². The lowest BCUT2D eigenvalue weighted by Gasteiger charge is -2.21. The van der Waals surface area contributed by atoms with Crippen LogP contribution in [0.4, 0.5) is 13.2 Å². The first-order valence-electron chi connectivity index (χ1n) is 6.72. The maximum absolute atomic E-state index is 13.2. The maximum Gasteiger partial charge on any atom is 0.417 e. The predicted molar refractivity (Wildman–Crippen MR) is 80.6 cm³/mol. The van der Waals surface area contributed by atoms with E-state index in [4.69, 9.17) is 4.74 Å². The lowest BCUT2D eigenvalue weighted by atomic mass is 10.1. The fraction of sp³-hybridized carbons (Fsp3) is 0.600. The Hall–Kier alpha value is -0.720. The molecule has 1 aromatic carbocycles. The molecule has 1 aromatic rings. The van der Waals surface area contributed by atoms with E-state index >= 15 is 0 Å². The zero-order valence-electron chi connectivity index (χ0n) is 12.8. The fourth-order valence-corrected chi connectivity index (χ4v) is 2.81. The molecule has 1 rings (SSSR count). The van der Waals surface area contributed by atoms with E-state index in [0.717, 1.165) is 0 Å². The van der Waals surface area contributed by atoms with Crippen LogP contribution >= 0.6 is 11.8 Å². The first-order chi connectivity index (χ1) is 9.63. The molecule has 0 unspecified atom stereocenters. The van der Waals surface area contributed by atoms with Gasteiger partial charge in [0.25, 0.3) is 0 Å². The number of thioether (sulfide) groups is 1. The van der Waals surface area contributed by atoms with Crippen molar-refractivity contribution in [3.63, 3.8) is 0 Å². The van der Waals surface area contributed by atoms with E-state index in [1.165, 1.54) is 17.8 Å². The molecule has 0 aliphatic rings. The van der Waals surface area contributed by atoms with Crippen molar-refractivity contribution in [1.82, 2.24) is 5.32 Å². The Labute approximate surface area is 128 Å². The summed E-state index contributed by atoms with van der Waals surface area (Å²) in [6, 6.07) is 4.53. The van der Waals surface area contributed by atoms with E-state index in [0.29, 0.717) is 25.3 Å². The molecule has 0 saturated carbocycles. The van der Waals surface area contributed by atoms with Gasteiger partial charge in [-0.2, -0.15) is 13.2 Å². The Kier molecular flexibility index (Phi) is 6.56. The van der Waals surface area contributed by atoms with Crippen LogP contribution in [-0.4, -0.2) is 25.0 Å². The molecule has 1 N–H and O–H groups in total. The van der Waals surface area contributed by atoms with Gasteiger partial charge >= 0.3 is 6.18 Å². The van der Waals surface area contributed by atoms with Gasteiger partial charge in [-0.1, -0.05) is 26.8 Å². The van der Waals surface area contributed by atoms with Crippen molar-refractivity contribution in [3.05, 3.63) is 29.3 Å². The molecule has 6 heteroatoms. The molecule has 0 atom stereocenters. The summed E-state index contributed by atoms with van der Waals surface area (Å²) in [4.78, 5) is 0.274. The van der Waals surface area contributed by atoms with Gasteiger partial charge in [-0.15, -0.1) is 11.8 Å². The lowest BCUT2D eigenvalue weighted by Crippen LogP contribution is -2.19. The molecule has 0 bridgehead atoms. The van der Waals surface area contributed by atoms with Gasteiger partial charge in [-0.25, -0.2) is 0 Å². The van der Waals surface area contributed by atoms with Gasteiger partial charge in [0, 0.05) is 29.8 Å². The van der Waals surface area contributed by atoms with Gasteiger partial charge in [-0.3, -0.25) is 0 Å². The molecule has 0 amide bonds. The maximum atomic E-state index is 13.2. The number of rotatable bonds is 6. The number of hydrogen-bond donors (Lipinski definition) is 1. The average Bonchev–Trinajstić information content (AvgIpc) is 2.33. The van der Waals surface area contributed by atoms with E-state index < -0.39 is 11.7 Å². The van der Waals surface area contributed by atoms with Gasteiger partial charge in [0.1, 0.15) is 0 Å². The topological polar surface area (TPSA) is 21.3 Å². The van der Waals surface area contributed by atoms with Crippen LogP contribution in [0.3, 0.4) is 0 Å². The Bertz CT molecular complexity index is 455. The molecule has 120 valence electrons. The van der Waals surface area contributed by atoms with Crippen molar-refractivity contribution in [2.45, 2.75) is 43.1 Å². The molecule has 0 heterocycles. The molecule has 0 radical (unpaired) electrons. The van der Waals surface area contributed by atoms with Gasteiger partial charge in [0.15, 0.2) is 0 Å². The van der Waals surface area contributed by atoms with Crippen LogP contribution in [0, 0.1) is 0 Å². The highest BCUT2D eigenvalue weighted by Crippen LogP contribution is 2.41. The van der Waals surface area contributed by atoms with E-state index in [1.807, 2.05) is 20.8 Å². The molecule has 21 heavy (non-hydrogen) atoms. The number of alkyl halides is 3. The molecule has 0 aliphatic heterocycles. The van der Waals surface area contributed by atoms with E-state index in [1.54, 1.807) is 19.2 Å². The van der Waals surface area contributed by atoms with Gasteiger partial charge in [0.05, 0.1) is 12.2 Å². The summed E-state index contributed by atoms with van der Waals surface area (Å²) in [5.41, 5.74) is 0.0603. The summed E-state index contributed by atoms with van der Waals surface area (Å²) < 4.78 is 44.2. The van der Waals surface area contributed by atoms with Crippen LogP contribution in [0.15, 0.2) is 23.1 Å². The summed E-state index contributed by atoms with van der Waals surface area (Å²) >= 11 is 1.23. The quantitative estimate of drug-likeness (QED) is 0.622. The molecule has 0 aliphatic carbocycles. The molecule has 0 fully saturated rings. The summed E-state index contributed by atoms with van der Waals surface area (Å²) in [7, 11) is 1.59.